The number of fused-ring (bicyclic) bond motifs is 4. The summed E-state index contributed by atoms with van der Waals surface area (Å²) in [5.74, 6) is 0. The zero-order valence-electron chi connectivity index (χ0n) is 25.9. The molecule has 0 N–H and O–H groups in total. The zero-order chi connectivity index (χ0) is 31.1. The molecule has 0 bridgehead atoms. The maximum atomic E-state index is 6.24. The summed E-state index contributed by atoms with van der Waals surface area (Å²) < 4.78 is 1.15. The van der Waals surface area contributed by atoms with Gasteiger partial charge < -0.3 is 0 Å². The topological polar surface area (TPSA) is 0 Å². The summed E-state index contributed by atoms with van der Waals surface area (Å²) in [7, 11) is 12.5. The van der Waals surface area contributed by atoms with Crippen LogP contribution < -0.4 is 0 Å². The van der Waals surface area contributed by atoms with Crippen molar-refractivity contribution >= 4 is 52.5 Å². The van der Waals surface area contributed by atoms with Crippen molar-refractivity contribution in [2.24, 2.45) is 0 Å². The second kappa shape index (κ2) is 15.3. The molecule has 0 aromatic heterocycles. The number of aryl methyl sites for hydroxylation is 4. The van der Waals surface area contributed by atoms with E-state index in [2.05, 4.69) is 125 Å². The minimum atomic E-state index is -2.44. The Balaban J connectivity index is 0.000000134. The molecule has 0 radical (unpaired) electrons. The summed E-state index contributed by atoms with van der Waals surface area (Å²) in [6.45, 7) is 8.72. The average molecular weight is 693 g/mol. The van der Waals surface area contributed by atoms with E-state index in [0.717, 1.165) is 27.2 Å². The number of benzene rings is 5. The first-order valence-corrected chi connectivity index (χ1v) is 22.8. The predicted octanol–water partition coefficient (Wildman–Crippen LogP) is 12.2. The third-order valence-electron chi connectivity index (χ3n) is 8.21. The van der Waals surface area contributed by atoms with Crippen molar-refractivity contribution in [1.29, 1.82) is 0 Å². The SMILES string of the molecule is CCc1ccc2c(c1)[cH-]c1cc(CC)ccc12.Cc1ccc(C)c2[cH-]ccc12.[Cl][Zr]([Cl])=[C](c1ccccc1)c1ccccc1. The molecule has 0 aliphatic rings. The zero-order valence-corrected chi connectivity index (χ0v) is 29.8. The van der Waals surface area contributed by atoms with Gasteiger partial charge in [-0.2, -0.15) is 12.1 Å². The fourth-order valence-corrected chi connectivity index (χ4v) is 10.2. The van der Waals surface area contributed by atoms with Gasteiger partial charge in [-0.3, -0.25) is 0 Å². The van der Waals surface area contributed by atoms with Crippen molar-refractivity contribution in [3.8, 4) is 0 Å². The maximum absolute atomic E-state index is 6.24. The van der Waals surface area contributed by atoms with Gasteiger partial charge in [0.05, 0.1) is 0 Å². The fourth-order valence-electron chi connectivity index (χ4n) is 5.69. The van der Waals surface area contributed by atoms with Crippen LogP contribution in [-0.4, -0.2) is 3.21 Å². The van der Waals surface area contributed by atoms with Gasteiger partial charge in [0.15, 0.2) is 0 Å². The van der Waals surface area contributed by atoms with Crippen LogP contribution in [0.3, 0.4) is 0 Å². The van der Waals surface area contributed by atoms with Crippen LogP contribution in [0.25, 0.3) is 32.3 Å². The summed E-state index contributed by atoms with van der Waals surface area (Å²) >= 11 is -2.44. The van der Waals surface area contributed by atoms with Gasteiger partial charge >= 0.3 is 111 Å². The molecular weight excluding hydrogens is 655 g/mol. The Morgan fingerprint density at radius 1 is 0.591 bits per heavy atom. The summed E-state index contributed by atoms with van der Waals surface area (Å²) in [5, 5.41) is 8.33. The predicted molar refractivity (Wildman–Crippen MR) is 193 cm³/mol. The van der Waals surface area contributed by atoms with Crippen molar-refractivity contribution in [2.75, 3.05) is 0 Å². The first-order chi connectivity index (χ1) is 21.4. The van der Waals surface area contributed by atoms with Crippen LogP contribution in [-0.2, 0) is 31.7 Å². The van der Waals surface area contributed by atoms with E-state index in [-0.39, 0.29) is 0 Å². The van der Waals surface area contributed by atoms with Crippen LogP contribution in [0.5, 0.6) is 0 Å². The van der Waals surface area contributed by atoms with Crippen LogP contribution in [0.4, 0.5) is 0 Å². The number of hydrogen-bond acceptors (Lipinski definition) is 0. The second-order valence-electron chi connectivity index (χ2n) is 11.1. The number of hydrogen-bond donors (Lipinski definition) is 0. The van der Waals surface area contributed by atoms with Crippen molar-refractivity contribution in [3.63, 3.8) is 0 Å². The summed E-state index contributed by atoms with van der Waals surface area (Å²) in [6.07, 6.45) is 2.22. The quantitative estimate of drug-likeness (QED) is 0.161. The van der Waals surface area contributed by atoms with Crippen molar-refractivity contribution in [3.05, 3.63) is 167 Å². The Morgan fingerprint density at radius 3 is 1.55 bits per heavy atom. The van der Waals surface area contributed by atoms with Gasteiger partial charge in [-0.15, -0.1) is 68.2 Å². The van der Waals surface area contributed by atoms with E-state index >= 15 is 0 Å². The normalized spacial score (nSPS) is 10.7. The van der Waals surface area contributed by atoms with E-state index in [0.29, 0.717) is 0 Å². The molecule has 222 valence electrons. The molecule has 44 heavy (non-hydrogen) atoms. The van der Waals surface area contributed by atoms with E-state index in [9.17, 15) is 0 Å². The van der Waals surface area contributed by atoms with Gasteiger partial charge in [-0.1, -0.05) is 67.8 Å². The minimum absolute atomic E-state index is 1.11. The molecule has 0 spiro atoms. The fraction of sp³-hybridized carbons (Fsp3) is 0.146. The molecule has 0 saturated heterocycles. The molecule has 7 aromatic rings. The van der Waals surface area contributed by atoms with Gasteiger partial charge in [0.2, 0.25) is 0 Å². The molecule has 0 amide bonds. The van der Waals surface area contributed by atoms with E-state index in [4.69, 9.17) is 17.0 Å². The first kappa shape index (κ1) is 32.3. The molecule has 0 fully saturated rings. The van der Waals surface area contributed by atoms with Gasteiger partial charge in [-0.05, 0) is 19.8 Å². The summed E-state index contributed by atoms with van der Waals surface area (Å²) in [6, 6.07) is 47.1. The molecule has 7 aromatic carbocycles. The third kappa shape index (κ3) is 7.58. The van der Waals surface area contributed by atoms with Crippen LogP contribution in [0, 0.1) is 13.8 Å². The molecule has 7 rings (SSSR count). The summed E-state index contributed by atoms with van der Waals surface area (Å²) in [4.78, 5) is 0. The van der Waals surface area contributed by atoms with Crippen LogP contribution in [0.1, 0.15) is 47.2 Å². The Kier molecular flexibility index (Phi) is 11.2. The molecule has 3 heteroatoms. The van der Waals surface area contributed by atoms with E-state index in [1.165, 1.54) is 54.6 Å². The Bertz CT molecular complexity index is 1870. The Hall–Kier alpha value is -3.09. The molecule has 0 saturated carbocycles. The molecule has 0 atom stereocenters. The molecule has 0 aliphatic carbocycles. The standard InChI is InChI=1S/C17H17.C13H10.C11H11.2ClH.Zr/c1-3-12-5-7-16-14(9-12)11-15-10-13(4-2)6-8-17(15)16;1-3-7-12(8-4-1)11-13-9-5-2-6-10-13;1-8-6-7-9(2)11-5-3-4-10(8)11;;;/h5-11H,3-4H2,1-2H3;1-10H;3-7H,1-2H3;2*1H;/q-1;;-1;;;+2/p-2. The second-order valence-corrected chi connectivity index (χ2v) is 19.2. The van der Waals surface area contributed by atoms with Gasteiger partial charge in [-0.25, -0.2) is 0 Å². The van der Waals surface area contributed by atoms with Crippen molar-refractivity contribution in [1.82, 2.24) is 0 Å². The van der Waals surface area contributed by atoms with E-state index < -0.39 is 18.9 Å². The van der Waals surface area contributed by atoms with E-state index in [1.54, 1.807) is 0 Å². The third-order valence-corrected chi connectivity index (χ3v) is 12.8. The number of halogens is 2. The molecule has 0 aliphatic heterocycles. The molecule has 0 unspecified atom stereocenters. The summed E-state index contributed by atoms with van der Waals surface area (Å²) in [5.41, 5.74) is 7.87. The van der Waals surface area contributed by atoms with Crippen LogP contribution >= 0.6 is 17.0 Å². The van der Waals surface area contributed by atoms with Gasteiger partial charge in [0.25, 0.3) is 0 Å². The van der Waals surface area contributed by atoms with Gasteiger partial charge in [0.1, 0.15) is 0 Å². The number of rotatable bonds is 4. The molecule has 0 heterocycles. The Labute approximate surface area is 276 Å². The Morgan fingerprint density at radius 2 is 1.09 bits per heavy atom. The van der Waals surface area contributed by atoms with E-state index in [1.807, 2.05) is 36.4 Å². The van der Waals surface area contributed by atoms with Crippen LogP contribution in [0.15, 0.2) is 133 Å². The van der Waals surface area contributed by atoms with Crippen LogP contribution in [0.2, 0.25) is 0 Å². The van der Waals surface area contributed by atoms with Crippen molar-refractivity contribution < 1.29 is 18.9 Å². The molecule has 0 nitrogen and oxygen atoms in total. The van der Waals surface area contributed by atoms with Gasteiger partial charge in [0, 0.05) is 0 Å². The van der Waals surface area contributed by atoms with Crippen molar-refractivity contribution in [2.45, 2.75) is 40.5 Å². The molecular formula is C41H38Cl2Zr-2. The monoisotopic (exact) mass is 690 g/mol. The first-order valence-electron chi connectivity index (χ1n) is 15.3. The average Bonchev–Trinajstić information content (AvgIpc) is 3.70.